The van der Waals surface area contributed by atoms with Crippen molar-refractivity contribution in [2.45, 2.75) is 26.0 Å². The molecule has 5 nitrogen and oxygen atoms in total. The van der Waals surface area contributed by atoms with Crippen molar-refractivity contribution in [1.29, 1.82) is 0 Å². The highest BCUT2D eigenvalue weighted by molar-refractivity contribution is 6.30. The third-order valence-electron chi connectivity index (χ3n) is 2.67. The smallest absolute Gasteiger partial charge is 0.245 e. The van der Waals surface area contributed by atoms with Crippen molar-refractivity contribution >= 4 is 17.3 Å². The van der Waals surface area contributed by atoms with E-state index in [0.29, 0.717) is 29.7 Å². The predicted octanol–water partition coefficient (Wildman–Crippen LogP) is 2.91. The Balaban J connectivity index is 1.88. The van der Waals surface area contributed by atoms with Crippen LogP contribution in [0.4, 0.5) is 5.69 Å². The zero-order valence-electron chi connectivity index (χ0n) is 10.9. The molecule has 1 aromatic heterocycles. The van der Waals surface area contributed by atoms with Gasteiger partial charge < -0.3 is 14.6 Å². The molecule has 19 heavy (non-hydrogen) atoms. The van der Waals surface area contributed by atoms with E-state index in [0.717, 1.165) is 5.69 Å². The van der Waals surface area contributed by atoms with E-state index in [1.807, 2.05) is 31.2 Å². The summed E-state index contributed by atoms with van der Waals surface area (Å²) in [5, 5.41) is 7.79. The minimum absolute atomic E-state index is 0.0784. The molecule has 0 aliphatic heterocycles. The number of halogens is 1. The number of methoxy groups -OCH3 is 1. The van der Waals surface area contributed by atoms with Crippen molar-refractivity contribution in [2.75, 3.05) is 12.4 Å². The number of aromatic nitrogens is 2. The van der Waals surface area contributed by atoms with Gasteiger partial charge in [0, 0.05) is 24.2 Å². The fourth-order valence-electron chi connectivity index (χ4n) is 1.53. The number of nitrogens with zero attached hydrogens (tertiary/aromatic N) is 2. The lowest BCUT2D eigenvalue weighted by Gasteiger charge is -2.04. The molecule has 1 unspecified atom stereocenters. The summed E-state index contributed by atoms with van der Waals surface area (Å²) in [5.74, 6) is 1.20. The molecule has 0 fully saturated rings. The summed E-state index contributed by atoms with van der Waals surface area (Å²) in [6.07, 6.45) is 0.718. The maximum Gasteiger partial charge on any atom is 0.245 e. The van der Waals surface area contributed by atoms with Crippen LogP contribution in [-0.2, 0) is 17.7 Å². The van der Waals surface area contributed by atoms with Crippen LogP contribution in [-0.4, -0.2) is 23.4 Å². The first-order chi connectivity index (χ1) is 9.17. The molecule has 0 aliphatic rings. The molecule has 1 heterocycles. The van der Waals surface area contributed by atoms with Gasteiger partial charge in [-0.3, -0.25) is 0 Å². The van der Waals surface area contributed by atoms with Crippen molar-refractivity contribution in [3.8, 4) is 0 Å². The molecule has 0 aliphatic carbocycles. The Morgan fingerprint density at radius 2 is 2.11 bits per heavy atom. The second kappa shape index (κ2) is 6.54. The number of benzene rings is 1. The normalized spacial score (nSPS) is 12.4. The highest BCUT2D eigenvalue weighted by Crippen LogP contribution is 2.14. The van der Waals surface area contributed by atoms with E-state index in [4.69, 9.17) is 20.9 Å². The van der Waals surface area contributed by atoms with Gasteiger partial charge in [0.1, 0.15) is 0 Å². The zero-order chi connectivity index (χ0) is 13.7. The molecule has 0 saturated heterocycles. The molecular weight excluding hydrogens is 266 g/mol. The second-order valence-electron chi connectivity index (χ2n) is 4.22. The molecule has 1 atom stereocenters. The van der Waals surface area contributed by atoms with E-state index in [2.05, 4.69) is 15.5 Å². The van der Waals surface area contributed by atoms with E-state index in [1.165, 1.54) is 0 Å². The fraction of sp³-hybridized carbons (Fsp3) is 0.385. The first-order valence-corrected chi connectivity index (χ1v) is 6.39. The lowest BCUT2D eigenvalue weighted by Crippen LogP contribution is -2.09. The Morgan fingerprint density at radius 3 is 2.79 bits per heavy atom. The summed E-state index contributed by atoms with van der Waals surface area (Å²) in [7, 11) is 1.66. The fourth-order valence-corrected chi connectivity index (χ4v) is 1.66. The van der Waals surface area contributed by atoms with Crippen LogP contribution in [0.2, 0.25) is 5.02 Å². The molecule has 6 heteroatoms. The zero-order valence-corrected chi connectivity index (χ0v) is 11.6. The van der Waals surface area contributed by atoms with Crippen LogP contribution in [0.25, 0.3) is 0 Å². The van der Waals surface area contributed by atoms with Crippen LogP contribution in [0.5, 0.6) is 0 Å². The first kappa shape index (κ1) is 13.8. The van der Waals surface area contributed by atoms with Crippen LogP contribution in [0, 0.1) is 0 Å². The quantitative estimate of drug-likeness (QED) is 0.882. The van der Waals surface area contributed by atoms with E-state index in [-0.39, 0.29) is 6.10 Å². The summed E-state index contributed by atoms with van der Waals surface area (Å²) >= 11 is 5.81. The van der Waals surface area contributed by atoms with Crippen LogP contribution in [0.3, 0.4) is 0 Å². The Bertz CT molecular complexity index is 513. The van der Waals surface area contributed by atoms with Gasteiger partial charge in [-0.05, 0) is 31.2 Å². The van der Waals surface area contributed by atoms with E-state index >= 15 is 0 Å². The van der Waals surface area contributed by atoms with Gasteiger partial charge in [0.15, 0.2) is 5.82 Å². The van der Waals surface area contributed by atoms with E-state index in [9.17, 15) is 0 Å². The van der Waals surface area contributed by atoms with Crippen LogP contribution in [0.1, 0.15) is 18.6 Å². The third kappa shape index (κ3) is 4.22. The largest absolute Gasteiger partial charge is 0.381 e. The highest BCUT2D eigenvalue weighted by atomic mass is 35.5. The van der Waals surface area contributed by atoms with Crippen LogP contribution >= 0.6 is 11.6 Å². The van der Waals surface area contributed by atoms with Gasteiger partial charge in [0.25, 0.3) is 0 Å². The predicted molar refractivity (Wildman–Crippen MR) is 73.3 cm³/mol. The number of rotatable bonds is 6. The molecule has 0 amide bonds. The molecule has 102 valence electrons. The number of hydrogen-bond donors (Lipinski definition) is 1. The number of nitrogens with one attached hydrogen (secondary N) is 1. The van der Waals surface area contributed by atoms with Crippen molar-refractivity contribution in [3.63, 3.8) is 0 Å². The molecule has 0 bridgehead atoms. The van der Waals surface area contributed by atoms with Crippen LogP contribution < -0.4 is 5.32 Å². The van der Waals surface area contributed by atoms with Gasteiger partial charge in [-0.25, -0.2) is 0 Å². The van der Waals surface area contributed by atoms with E-state index in [1.54, 1.807) is 7.11 Å². The maximum atomic E-state index is 5.81. The minimum atomic E-state index is 0.0784. The summed E-state index contributed by atoms with van der Waals surface area (Å²) < 4.78 is 10.3. The van der Waals surface area contributed by atoms with Gasteiger partial charge in [-0.2, -0.15) is 4.98 Å². The van der Waals surface area contributed by atoms with Crippen molar-refractivity contribution in [1.82, 2.24) is 10.1 Å². The monoisotopic (exact) mass is 281 g/mol. The standard InChI is InChI=1S/C13H16ClN3O2/c1-9(18-2)7-12-16-13(19-17-12)8-15-11-5-3-10(14)4-6-11/h3-6,9,15H,7-8H2,1-2H3. The lowest BCUT2D eigenvalue weighted by atomic mass is 10.3. The van der Waals surface area contributed by atoms with Crippen molar-refractivity contribution < 1.29 is 9.26 Å². The molecule has 0 spiro atoms. The van der Waals surface area contributed by atoms with Crippen molar-refractivity contribution in [2.24, 2.45) is 0 Å². The Hall–Kier alpha value is -1.59. The van der Waals surface area contributed by atoms with Crippen molar-refractivity contribution in [3.05, 3.63) is 41.0 Å². The van der Waals surface area contributed by atoms with Gasteiger partial charge in [0.2, 0.25) is 5.89 Å². The third-order valence-corrected chi connectivity index (χ3v) is 2.92. The molecule has 0 saturated carbocycles. The summed E-state index contributed by atoms with van der Waals surface area (Å²) in [5.41, 5.74) is 0.953. The Morgan fingerprint density at radius 1 is 1.37 bits per heavy atom. The van der Waals surface area contributed by atoms with Gasteiger partial charge in [-0.1, -0.05) is 16.8 Å². The van der Waals surface area contributed by atoms with Gasteiger partial charge in [-0.15, -0.1) is 0 Å². The summed E-state index contributed by atoms with van der Waals surface area (Å²) in [4.78, 5) is 4.28. The van der Waals surface area contributed by atoms with Crippen LogP contribution in [0.15, 0.2) is 28.8 Å². The number of hydrogen-bond acceptors (Lipinski definition) is 5. The lowest BCUT2D eigenvalue weighted by molar-refractivity contribution is 0.116. The minimum Gasteiger partial charge on any atom is -0.381 e. The Labute approximate surface area is 116 Å². The maximum absolute atomic E-state index is 5.81. The molecule has 2 rings (SSSR count). The summed E-state index contributed by atoms with van der Waals surface area (Å²) in [6, 6.07) is 7.44. The topological polar surface area (TPSA) is 60.2 Å². The molecule has 1 aromatic carbocycles. The highest BCUT2D eigenvalue weighted by Gasteiger charge is 2.09. The SMILES string of the molecule is COC(C)Cc1noc(CNc2ccc(Cl)cc2)n1. The average Bonchev–Trinajstić information content (AvgIpc) is 2.85. The van der Waals surface area contributed by atoms with Gasteiger partial charge >= 0.3 is 0 Å². The van der Waals surface area contributed by atoms with E-state index < -0.39 is 0 Å². The average molecular weight is 282 g/mol. The molecule has 1 N–H and O–H groups in total. The number of anilines is 1. The molecule has 0 radical (unpaired) electrons. The first-order valence-electron chi connectivity index (χ1n) is 6.01. The summed E-state index contributed by atoms with van der Waals surface area (Å²) in [6.45, 7) is 2.44. The Kier molecular flexibility index (Phi) is 4.76. The molecular formula is C13H16ClN3O2. The number of ether oxygens (including phenoxy) is 1. The van der Waals surface area contributed by atoms with Gasteiger partial charge in [0.05, 0.1) is 12.6 Å². The molecule has 2 aromatic rings. The second-order valence-corrected chi connectivity index (χ2v) is 4.65.